The van der Waals surface area contributed by atoms with Crippen LogP contribution < -0.4 is 10.1 Å². The van der Waals surface area contributed by atoms with Gasteiger partial charge in [-0.2, -0.15) is 0 Å². The average Bonchev–Trinajstić information content (AvgIpc) is 3.29. The Bertz CT molecular complexity index is 540. The molecule has 0 bridgehead atoms. The van der Waals surface area contributed by atoms with Gasteiger partial charge in [-0.05, 0) is 37.5 Å². The molecule has 114 valence electrons. The van der Waals surface area contributed by atoms with E-state index in [1.165, 1.54) is 13.2 Å². The van der Waals surface area contributed by atoms with Gasteiger partial charge in [0.05, 0.1) is 18.4 Å². The molecule has 0 saturated heterocycles. The number of hydrogen-bond acceptors (Lipinski definition) is 3. The van der Waals surface area contributed by atoms with E-state index >= 15 is 0 Å². The van der Waals surface area contributed by atoms with E-state index in [2.05, 4.69) is 5.32 Å². The molecule has 0 heterocycles. The van der Waals surface area contributed by atoms with Crippen LogP contribution in [0.25, 0.3) is 0 Å². The van der Waals surface area contributed by atoms with Crippen LogP contribution in [-0.2, 0) is 0 Å². The van der Waals surface area contributed by atoms with Gasteiger partial charge in [0, 0.05) is 12.6 Å². The van der Waals surface area contributed by atoms with Crippen molar-refractivity contribution in [3.05, 3.63) is 23.8 Å². The number of rotatable bonds is 6. The van der Waals surface area contributed by atoms with Gasteiger partial charge in [0.1, 0.15) is 5.75 Å². The predicted octanol–water partition coefficient (Wildman–Crippen LogP) is 2.80. The SMILES string of the molecule is CCCN(C(=O)Nc1ccc(OC)cc1C(=O)O)C1CC1. The minimum atomic E-state index is -1.10. The Labute approximate surface area is 123 Å². The lowest BCUT2D eigenvalue weighted by molar-refractivity contribution is 0.0697. The fourth-order valence-corrected chi connectivity index (χ4v) is 2.20. The third-order valence-electron chi connectivity index (χ3n) is 3.41. The Morgan fingerprint density at radius 1 is 1.43 bits per heavy atom. The van der Waals surface area contributed by atoms with E-state index < -0.39 is 5.97 Å². The van der Waals surface area contributed by atoms with Crippen molar-refractivity contribution in [1.82, 2.24) is 4.90 Å². The second-order valence-electron chi connectivity index (χ2n) is 5.07. The van der Waals surface area contributed by atoms with Crippen LogP contribution >= 0.6 is 0 Å². The Kier molecular flexibility index (Phi) is 4.67. The molecule has 2 rings (SSSR count). The van der Waals surface area contributed by atoms with Gasteiger partial charge in [-0.25, -0.2) is 9.59 Å². The van der Waals surface area contributed by atoms with E-state index in [0.717, 1.165) is 19.3 Å². The molecular weight excluding hydrogens is 272 g/mol. The summed E-state index contributed by atoms with van der Waals surface area (Å²) < 4.78 is 5.01. The highest BCUT2D eigenvalue weighted by Crippen LogP contribution is 2.28. The second-order valence-corrected chi connectivity index (χ2v) is 5.07. The fourth-order valence-electron chi connectivity index (χ4n) is 2.20. The van der Waals surface area contributed by atoms with Crippen LogP contribution in [0.5, 0.6) is 5.75 Å². The van der Waals surface area contributed by atoms with E-state index in [-0.39, 0.29) is 23.3 Å². The molecule has 0 atom stereocenters. The number of carbonyl (C=O) groups excluding carboxylic acids is 1. The van der Waals surface area contributed by atoms with Crippen molar-refractivity contribution in [1.29, 1.82) is 0 Å². The van der Waals surface area contributed by atoms with Crippen LogP contribution in [0.1, 0.15) is 36.5 Å². The molecular formula is C15H20N2O4. The number of aromatic carboxylic acids is 1. The number of amides is 2. The third kappa shape index (κ3) is 3.65. The lowest BCUT2D eigenvalue weighted by Gasteiger charge is -2.22. The van der Waals surface area contributed by atoms with Gasteiger partial charge < -0.3 is 20.1 Å². The highest BCUT2D eigenvalue weighted by atomic mass is 16.5. The molecule has 0 aliphatic heterocycles. The number of nitrogens with zero attached hydrogens (tertiary/aromatic N) is 1. The van der Waals surface area contributed by atoms with Gasteiger partial charge >= 0.3 is 12.0 Å². The summed E-state index contributed by atoms with van der Waals surface area (Å²) in [6.45, 7) is 2.69. The minimum Gasteiger partial charge on any atom is -0.497 e. The molecule has 1 aromatic rings. The molecule has 1 fully saturated rings. The molecule has 0 unspecified atom stereocenters. The number of urea groups is 1. The average molecular weight is 292 g/mol. The van der Waals surface area contributed by atoms with Crippen molar-refractivity contribution >= 4 is 17.7 Å². The zero-order valence-corrected chi connectivity index (χ0v) is 12.3. The topological polar surface area (TPSA) is 78.9 Å². The molecule has 0 aromatic heterocycles. The Hall–Kier alpha value is -2.24. The number of carbonyl (C=O) groups is 2. The first-order valence-electron chi connectivity index (χ1n) is 7.05. The Balaban J connectivity index is 2.17. The largest absolute Gasteiger partial charge is 0.497 e. The number of anilines is 1. The molecule has 1 aromatic carbocycles. The van der Waals surface area contributed by atoms with Gasteiger partial charge in [-0.3, -0.25) is 0 Å². The number of hydrogen-bond donors (Lipinski definition) is 2. The van der Waals surface area contributed by atoms with Gasteiger partial charge in [0.15, 0.2) is 0 Å². The number of ether oxygens (including phenoxy) is 1. The molecule has 2 N–H and O–H groups in total. The van der Waals surface area contributed by atoms with Crippen molar-refractivity contribution in [3.63, 3.8) is 0 Å². The van der Waals surface area contributed by atoms with Crippen LogP contribution in [0.4, 0.5) is 10.5 Å². The van der Waals surface area contributed by atoms with Crippen molar-refractivity contribution < 1.29 is 19.4 Å². The molecule has 6 nitrogen and oxygen atoms in total. The number of carboxylic acids is 1. The van der Waals surface area contributed by atoms with Crippen LogP contribution in [0.3, 0.4) is 0 Å². The lowest BCUT2D eigenvalue weighted by atomic mass is 10.1. The standard InChI is InChI=1S/C15H20N2O4/c1-3-8-17(10-4-5-10)15(20)16-13-7-6-11(21-2)9-12(13)14(18)19/h6-7,9-10H,3-5,8H2,1-2H3,(H,16,20)(H,18,19). The number of nitrogens with one attached hydrogen (secondary N) is 1. The van der Waals surface area contributed by atoms with Crippen molar-refractivity contribution in [2.45, 2.75) is 32.2 Å². The first-order valence-corrected chi connectivity index (χ1v) is 7.05. The zero-order valence-electron chi connectivity index (χ0n) is 12.3. The molecule has 0 radical (unpaired) electrons. The van der Waals surface area contributed by atoms with Crippen molar-refractivity contribution in [2.75, 3.05) is 19.0 Å². The second kappa shape index (κ2) is 6.47. The Morgan fingerprint density at radius 2 is 2.14 bits per heavy atom. The summed E-state index contributed by atoms with van der Waals surface area (Å²) in [6.07, 6.45) is 2.90. The highest BCUT2D eigenvalue weighted by Gasteiger charge is 2.32. The van der Waals surface area contributed by atoms with Crippen molar-refractivity contribution in [2.24, 2.45) is 0 Å². The summed E-state index contributed by atoms with van der Waals surface area (Å²) >= 11 is 0. The third-order valence-corrected chi connectivity index (χ3v) is 3.41. The molecule has 1 saturated carbocycles. The maximum Gasteiger partial charge on any atom is 0.337 e. The van der Waals surface area contributed by atoms with E-state index in [9.17, 15) is 14.7 Å². The number of carboxylic acid groups (broad SMARTS) is 1. The molecule has 6 heteroatoms. The van der Waals surface area contributed by atoms with E-state index in [4.69, 9.17) is 4.74 Å². The van der Waals surface area contributed by atoms with Gasteiger partial charge in [-0.15, -0.1) is 0 Å². The summed E-state index contributed by atoms with van der Waals surface area (Å²) in [6, 6.07) is 4.63. The van der Waals surface area contributed by atoms with E-state index in [1.54, 1.807) is 17.0 Å². The maximum absolute atomic E-state index is 12.3. The fraction of sp³-hybridized carbons (Fsp3) is 0.467. The first kappa shape index (κ1) is 15.2. The van der Waals surface area contributed by atoms with Gasteiger partial charge in [-0.1, -0.05) is 6.92 Å². The van der Waals surface area contributed by atoms with Crippen LogP contribution in [0.2, 0.25) is 0 Å². The van der Waals surface area contributed by atoms with Crippen molar-refractivity contribution in [3.8, 4) is 5.75 Å². The maximum atomic E-state index is 12.3. The summed E-state index contributed by atoms with van der Waals surface area (Å²) in [7, 11) is 1.47. The van der Waals surface area contributed by atoms with Gasteiger partial charge in [0.2, 0.25) is 0 Å². The Morgan fingerprint density at radius 3 is 2.67 bits per heavy atom. The first-order chi connectivity index (χ1) is 10.1. The molecule has 0 spiro atoms. The smallest absolute Gasteiger partial charge is 0.337 e. The summed E-state index contributed by atoms with van der Waals surface area (Å²) in [4.78, 5) is 25.4. The lowest BCUT2D eigenvalue weighted by Crippen LogP contribution is -2.37. The molecule has 2 amide bonds. The molecule has 21 heavy (non-hydrogen) atoms. The van der Waals surface area contributed by atoms with Crippen LogP contribution in [-0.4, -0.2) is 41.7 Å². The number of benzene rings is 1. The summed E-state index contributed by atoms with van der Waals surface area (Å²) in [5.74, 6) is -0.657. The van der Waals surface area contributed by atoms with E-state index in [1.807, 2.05) is 6.92 Å². The highest BCUT2D eigenvalue weighted by molar-refractivity contribution is 6.00. The zero-order chi connectivity index (χ0) is 15.4. The summed E-state index contributed by atoms with van der Waals surface area (Å²) in [5, 5.41) is 11.9. The van der Waals surface area contributed by atoms with Crippen LogP contribution in [0.15, 0.2) is 18.2 Å². The normalized spacial score (nSPS) is 13.6. The quantitative estimate of drug-likeness (QED) is 0.845. The minimum absolute atomic E-state index is 0.0231. The van der Waals surface area contributed by atoms with Gasteiger partial charge in [0.25, 0.3) is 0 Å². The number of methoxy groups -OCH3 is 1. The monoisotopic (exact) mass is 292 g/mol. The van der Waals surface area contributed by atoms with Crippen LogP contribution in [0, 0.1) is 0 Å². The molecule has 1 aliphatic rings. The predicted molar refractivity (Wildman–Crippen MR) is 79.0 cm³/mol. The molecule has 1 aliphatic carbocycles. The summed E-state index contributed by atoms with van der Waals surface area (Å²) in [5.41, 5.74) is 0.310. The van der Waals surface area contributed by atoms with E-state index in [0.29, 0.717) is 12.3 Å².